The standard InChI is InChI=1S/C19H9N3O6/c20-15-14-10(16(24)21-17(14)25)6-12(23)22(15)11-5-4-9-13-7(11)2-1-3-8(13)18(26)28-19(9)27/h1-6H,20H2,(H,21,24,25). The van der Waals surface area contributed by atoms with Crippen molar-refractivity contribution in [2.75, 3.05) is 5.73 Å². The van der Waals surface area contributed by atoms with Crippen molar-refractivity contribution < 1.29 is 23.9 Å². The highest BCUT2D eigenvalue weighted by atomic mass is 16.6. The van der Waals surface area contributed by atoms with Gasteiger partial charge in [0.25, 0.3) is 17.4 Å². The molecule has 0 saturated carbocycles. The molecule has 0 bridgehead atoms. The Kier molecular flexibility index (Phi) is 2.92. The SMILES string of the molecule is Nc1c2c(cc(=O)n1-c1ccc3c4c(cccc14)C(=O)OC3=O)C(=O)NC2=O. The first kappa shape index (κ1) is 15.9. The number of esters is 2. The third kappa shape index (κ3) is 1.87. The number of aromatic nitrogens is 1. The van der Waals surface area contributed by atoms with E-state index in [2.05, 4.69) is 5.32 Å². The zero-order valence-electron chi connectivity index (χ0n) is 13.9. The quantitative estimate of drug-likeness (QED) is 0.364. The first-order chi connectivity index (χ1) is 13.4. The van der Waals surface area contributed by atoms with Crippen LogP contribution in [0.5, 0.6) is 0 Å². The molecule has 0 atom stereocenters. The van der Waals surface area contributed by atoms with Crippen molar-refractivity contribution in [1.82, 2.24) is 9.88 Å². The van der Waals surface area contributed by atoms with Gasteiger partial charge in [0.1, 0.15) is 5.82 Å². The lowest BCUT2D eigenvalue weighted by atomic mass is 9.96. The average molecular weight is 375 g/mol. The summed E-state index contributed by atoms with van der Waals surface area (Å²) in [7, 11) is 0. The second-order valence-electron chi connectivity index (χ2n) is 6.31. The highest BCUT2D eigenvalue weighted by Gasteiger charge is 2.33. The molecule has 28 heavy (non-hydrogen) atoms. The van der Waals surface area contributed by atoms with Crippen LogP contribution in [-0.4, -0.2) is 28.3 Å². The van der Waals surface area contributed by atoms with Crippen molar-refractivity contribution in [1.29, 1.82) is 0 Å². The summed E-state index contributed by atoms with van der Waals surface area (Å²) < 4.78 is 5.79. The minimum atomic E-state index is -0.792. The molecule has 1 aromatic heterocycles. The van der Waals surface area contributed by atoms with Crippen molar-refractivity contribution >= 4 is 40.3 Å². The van der Waals surface area contributed by atoms with Crippen LogP contribution in [-0.2, 0) is 4.74 Å². The first-order valence-corrected chi connectivity index (χ1v) is 8.12. The number of ether oxygens (including phenoxy) is 1. The number of nitrogens with zero attached hydrogens (tertiary/aromatic N) is 1. The second-order valence-corrected chi connectivity index (χ2v) is 6.31. The van der Waals surface area contributed by atoms with Crippen LogP contribution in [0.3, 0.4) is 0 Å². The Morgan fingerprint density at radius 2 is 1.57 bits per heavy atom. The normalized spacial score (nSPS) is 14.9. The summed E-state index contributed by atoms with van der Waals surface area (Å²) in [5.41, 5.74) is 5.87. The van der Waals surface area contributed by atoms with Gasteiger partial charge < -0.3 is 10.5 Å². The molecule has 0 aliphatic carbocycles. The Hall–Kier alpha value is -4.27. The Morgan fingerprint density at radius 1 is 0.857 bits per heavy atom. The predicted molar refractivity (Wildman–Crippen MR) is 95.5 cm³/mol. The van der Waals surface area contributed by atoms with E-state index in [0.29, 0.717) is 10.8 Å². The number of imide groups is 1. The second kappa shape index (κ2) is 5.13. The number of anilines is 1. The van der Waals surface area contributed by atoms with Crippen molar-refractivity contribution in [3.05, 3.63) is 69.0 Å². The lowest BCUT2D eigenvalue weighted by Gasteiger charge is -2.19. The fourth-order valence-electron chi connectivity index (χ4n) is 3.65. The Morgan fingerprint density at radius 3 is 2.32 bits per heavy atom. The van der Waals surface area contributed by atoms with Gasteiger partial charge in [0.2, 0.25) is 0 Å². The van der Waals surface area contributed by atoms with Crippen LogP contribution in [0.1, 0.15) is 41.4 Å². The summed E-state index contributed by atoms with van der Waals surface area (Å²) in [6, 6.07) is 8.62. The third-order valence-corrected chi connectivity index (χ3v) is 4.84. The monoisotopic (exact) mass is 375 g/mol. The number of nitrogens with one attached hydrogen (secondary N) is 1. The number of nitrogens with two attached hydrogens (primary N) is 1. The summed E-state index contributed by atoms with van der Waals surface area (Å²) >= 11 is 0. The molecule has 3 heterocycles. The molecular weight excluding hydrogens is 366 g/mol. The van der Waals surface area contributed by atoms with E-state index in [0.717, 1.165) is 10.6 Å². The van der Waals surface area contributed by atoms with E-state index in [-0.39, 0.29) is 33.8 Å². The molecule has 0 unspecified atom stereocenters. The van der Waals surface area contributed by atoms with Gasteiger partial charge in [-0.3, -0.25) is 24.3 Å². The van der Waals surface area contributed by atoms with Gasteiger partial charge in [-0.1, -0.05) is 12.1 Å². The number of pyridine rings is 1. The number of amides is 2. The summed E-state index contributed by atoms with van der Waals surface area (Å²) in [4.78, 5) is 60.7. The van der Waals surface area contributed by atoms with E-state index < -0.39 is 29.3 Å². The number of fused-ring (bicyclic) bond motifs is 1. The van der Waals surface area contributed by atoms with E-state index in [9.17, 15) is 24.0 Å². The van der Waals surface area contributed by atoms with Crippen molar-refractivity contribution in [2.24, 2.45) is 0 Å². The molecule has 3 aromatic rings. The number of nitrogen functional groups attached to an aromatic ring is 1. The molecule has 9 heteroatoms. The van der Waals surface area contributed by atoms with Crippen molar-refractivity contribution in [2.45, 2.75) is 0 Å². The van der Waals surface area contributed by atoms with Gasteiger partial charge in [0.05, 0.1) is 27.9 Å². The van der Waals surface area contributed by atoms with Crippen molar-refractivity contribution in [3.8, 4) is 5.69 Å². The molecular formula is C19H9N3O6. The molecule has 136 valence electrons. The predicted octanol–water partition coefficient (Wildman–Crippen LogP) is 0.767. The molecule has 0 spiro atoms. The summed E-state index contributed by atoms with van der Waals surface area (Å²) in [6.07, 6.45) is 0. The van der Waals surface area contributed by atoms with Gasteiger partial charge in [-0.2, -0.15) is 0 Å². The number of hydrogen-bond acceptors (Lipinski definition) is 7. The number of rotatable bonds is 1. The third-order valence-electron chi connectivity index (χ3n) is 4.84. The van der Waals surface area contributed by atoms with Crippen LogP contribution in [0.2, 0.25) is 0 Å². The Balaban J connectivity index is 1.90. The molecule has 0 fully saturated rings. The molecule has 3 N–H and O–H groups in total. The average Bonchev–Trinajstić information content (AvgIpc) is 2.93. The van der Waals surface area contributed by atoms with Crippen LogP contribution < -0.4 is 16.6 Å². The Labute approximate surface area is 155 Å². The number of hydrogen-bond donors (Lipinski definition) is 2. The zero-order chi connectivity index (χ0) is 19.7. The molecule has 9 nitrogen and oxygen atoms in total. The fourth-order valence-corrected chi connectivity index (χ4v) is 3.65. The van der Waals surface area contributed by atoms with Crippen LogP contribution in [0, 0.1) is 0 Å². The highest BCUT2D eigenvalue weighted by Crippen LogP contribution is 2.33. The topological polar surface area (TPSA) is 138 Å². The van der Waals surface area contributed by atoms with Crippen LogP contribution >= 0.6 is 0 Å². The molecule has 2 amide bonds. The molecule has 0 radical (unpaired) electrons. The van der Waals surface area contributed by atoms with Gasteiger partial charge in [-0.05, 0) is 18.2 Å². The zero-order valence-corrected chi connectivity index (χ0v) is 13.9. The summed E-state index contributed by atoms with van der Waals surface area (Å²) in [6.45, 7) is 0. The number of cyclic esters (lactones) is 2. The molecule has 0 saturated heterocycles. The van der Waals surface area contributed by atoms with E-state index >= 15 is 0 Å². The molecule has 2 aliphatic heterocycles. The van der Waals surface area contributed by atoms with E-state index in [1.165, 1.54) is 18.2 Å². The van der Waals surface area contributed by atoms with Gasteiger partial charge in [-0.15, -0.1) is 0 Å². The van der Waals surface area contributed by atoms with Crippen molar-refractivity contribution in [3.63, 3.8) is 0 Å². The maximum atomic E-state index is 12.7. The minimum Gasteiger partial charge on any atom is -0.386 e. The van der Waals surface area contributed by atoms with E-state index in [1.54, 1.807) is 12.1 Å². The van der Waals surface area contributed by atoms with Crippen LogP contribution in [0.25, 0.3) is 16.5 Å². The largest absolute Gasteiger partial charge is 0.386 e. The van der Waals surface area contributed by atoms with Gasteiger partial charge in [0.15, 0.2) is 0 Å². The number of benzene rings is 2. The van der Waals surface area contributed by atoms with Gasteiger partial charge in [-0.25, -0.2) is 9.59 Å². The van der Waals surface area contributed by atoms with Crippen LogP contribution in [0.4, 0.5) is 5.82 Å². The lowest BCUT2D eigenvalue weighted by Crippen LogP contribution is -2.25. The molecule has 2 aromatic carbocycles. The number of carbonyl (C=O) groups excluding carboxylic acids is 4. The molecule has 5 rings (SSSR count). The minimum absolute atomic E-state index is 0.0924. The molecule has 2 aliphatic rings. The summed E-state index contributed by atoms with van der Waals surface area (Å²) in [5.74, 6) is -3.19. The van der Waals surface area contributed by atoms with Gasteiger partial charge in [0, 0.05) is 16.8 Å². The summed E-state index contributed by atoms with van der Waals surface area (Å²) in [5, 5.41) is 2.83. The lowest BCUT2D eigenvalue weighted by molar-refractivity contribution is 0.0390. The van der Waals surface area contributed by atoms with E-state index in [4.69, 9.17) is 10.5 Å². The fraction of sp³-hybridized carbons (Fsp3) is 0. The maximum absolute atomic E-state index is 12.7. The van der Waals surface area contributed by atoms with Crippen LogP contribution in [0.15, 0.2) is 41.2 Å². The number of carbonyl (C=O) groups is 4. The maximum Gasteiger partial charge on any atom is 0.346 e. The highest BCUT2D eigenvalue weighted by molar-refractivity contribution is 6.24. The smallest absolute Gasteiger partial charge is 0.346 e. The van der Waals surface area contributed by atoms with E-state index in [1.807, 2.05) is 0 Å². The Bertz CT molecular complexity index is 1350. The van der Waals surface area contributed by atoms with Gasteiger partial charge >= 0.3 is 11.9 Å². The first-order valence-electron chi connectivity index (χ1n) is 8.12.